The largest absolute Gasteiger partial charge is 0.0806 e. The van der Waals surface area contributed by atoms with Crippen LogP contribution in [0.5, 0.6) is 0 Å². The molecular weight excluding hydrogens is 131 g/mol. The van der Waals surface area contributed by atoms with Crippen LogP contribution in [0.2, 0.25) is 0 Å². The molecular formula is C10H13B. The summed E-state index contributed by atoms with van der Waals surface area (Å²) < 4.78 is 0. The number of hydrogen-bond donors (Lipinski definition) is 0. The number of rotatable bonds is 2. The van der Waals surface area contributed by atoms with Gasteiger partial charge in [0.15, 0.2) is 0 Å². The summed E-state index contributed by atoms with van der Waals surface area (Å²) in [6, 6.07) is 10.2. The van der Waals surface area contributed by atoms with Crippen molar-refractivity contribution in [1.29, 1.82) is 0 Å². The topological polar surface area (TPSA) is 0 Å². The predicted octanol–water partition coefficient (Wildman–Crippen LogP) is 2.48. The SMILES string of the molecule is [B][C@](C)(CC)c1ccccc1. The highest BCUT2D eigenvalue weighted by Gasteiger charge is 2.15. The van der Waals surface area contributed by atoms with Crippen LogP contribution in [-0.4, -0.2) is 7.85 Å². The highest BCUT2D eigenvalue weighted by Crippen LogP contribution is 2.22. The van der Waals surface area contributed by atoms with E-state index in [-0.39, 0.29) is 5.31 Å². The maximum absolute atomic E-state index is 6.04. The second-order valence-electron chi connectivity index (χ2n) is 3.14. The molecule has 0 aliphatic rings. The van der Waals surface area contributed by atoms with Crippen molar-refractivity contribution in [2.24, 2.45) is 0 Å². The van der Waals surface area contributed by atoms with Gasteiger partial charge in [-0.3, -0.25) is 0 Å². The van der Waals surface area contributed by atoms with Crippen LogP contribution in [0, 0.1) is 0 Å². The zero-order chi connectivity index (χ0) is 8.32. The van der Waals surface area contributed by atoms with Crippen molar-refractivity contribution in [1.82, 2.24) is 0 Å². The summed E-state index contributed by atoms with van der Waals surface area (Å²) in [6.45, 7) is 4.16. The second kappa shape index (κ2) is 3.12. The third kappa shape index (κ3) is 1.86. The summed E-state index contributed by atoms with van der Waals surface area (Å²) in [5, 5.41) is -0.165. The highest BCUT2D eigenvalue weighted by molar-refractivity contribution is 6.15. The van der Waals surface area contributed by atoms with Gasteiger partial charge in [0.1, 0.15) is 0 Å². The minimum Gasteiger partial charge on any atom is -0.0653 e. The number of benzene rings is 1. The Kier molecular flexibility index (Phi) is 2.38. The van der Waals surface area contributed by atoms with Crippen LogP contribution in [-0.2, 0) is 5.31 Å². The predicted molar refractivity (Wildman–Crippen MR) is 49.8 cm³/mol. The molecule has 56 valence electrons. The molecule has 0 fully saturated rings. The minimum absolute atomic E-state index is 0.165. The van der Waals surface area contributed by atoms with Crippen molar-refractivity contribution in [2.45, 2.75) is 25.6 Å². The smallest absolute Gasteiger partial charge is 0.0653 e. The molecule has 0 saturated heterocycles. The Bertz CT molecular complexity index is 214. The molecule has 1 aromatic rings. The third-order valence-corrected chi connectivity index (χ3v) is 2.17. The quantitative estimate of drug-likeness (QED) is 0.559. The van der Waals surface area contributed by atoms with Gasteiger partial charge < -0.3 is 0 Å². The zero-order valence-electron chi connectivity index (χ0n) is 7.17. The molecule has 0 spiro atoms. The van der Waals surface area contributed by atoms with Gasteiger partial charge in [0.25, 0.3) is 0 Å². The normalized spacial score (nSPS) is 15.8. The Morgan fingerprint density at radius 1 is 1.27 bits per heavy atom. The molecule has 0 amide bonds. The fourth-order valence-corrected chi connectivity index (χ4v) is 1.02. The summed E-state index contributed by atoms with van der Waals surface area (Å²) in [4.78, 5) is 0. The van der Waals surface area contributed by atoms with Crippen LogP contribution >= 0.6 is 0 Å². The van der Waals surface area contributed by atoms with Gasteiger partial charge in [-0.2, -0.15) is 0 Å². The maximum Gasteiger partial charge on any atom is 0.0806 e. The van der Waals surface area contributed by atoms with Crippen molar-refractivity contribution in [3.8, 4) is 0 Å². The van der Waals surface area contributed by atoms with Crippen molar-refractivity contribution in [3.05, 3.63) is 35.9 Å². The average molecular weight is 144 g/mol. The fraction of sp³-hybridized carbons (Fsp3) is 0.400. The van der Waals surface area contributed by atoms with Crippen LogP contribution in [0.25, 0.3) is 0 Å². The van der Waals surface area contributed by atoms with Gasteiger partial charge >= 0.3 is 0 Å². The number of hydrogen-bond acceptors (Lipinski definition) is 0. The van der Waals surface area contributed by atoms with Gasteiger partial charge in [-0.1, -0.05) is 56.2 Å². The van der Waals surface area contributed by atoms with Gasteiger partial charge in [-0.25, -0.2) is 0 Å². The van der Waals surface area contributed by atoms with E-state index in [2.05, 4.69) is 26.0 Å². The van der Waals surface area contributed by atoms with Crippen LogP contribution in [0.3, 0.4) is 0 Å². The first kappa shape index (κ1) is 8.38. The highest BCUT2D eigenvalue weighted by atomic mass is 14.1. The molecule has 1 atom stereocenters. The van der Waals surface area contributed by atoms with E-state index in [1.165, 1.54) is 5.56 Å². The van der Waals surface area contributed by atoms with Crippen LogP contribution < -0.4 is 0 Å². The molecule has 0 unspecified atom stereocenters. The first-order chi connectivity index (χ1) is 5.17. The third-order valence-electron chi connectivity index (χ3n) is 2.17. The van der Waals surface area contributed by atoms with Crippen molar-refractivity contribution in [2.75, 3.05) is 0 Å². The van der Waals surface area contributed by atoms with E-state index >= 15 is 0 Å². The molecule has 0 bridgehead atoms. The molecule has 0 aromatic heterocycles. The lowest BCUT2D eigenvalue weighted by Crippen LogP contribution is -2.20. The van der Waals surface area contributed by atoms with E-state index in [9.17, 15) is 0 Å². The Hall–Kier alpha value is -0.715. The summed E-state index contributed by atoms with van der Waals surface area (Å²) in [5.41, 5.74) is 1.21. The molecule has 0 N–H and O–H groups in total. The first-order valence-corrected chi connectivity index (χ1v) is 4.01. The van der Waals surface area contributed by atoms with Crippen LogP contribution in [0.4, 0.5) is 0 Å². The molecule has 11 heavy (non-hydrogen) atoms. The van der Waals surface area contributed by atoms with Gasteiger partial charge in [-0.15, -0.1) is 0 Å². The average Bonchev–Trinajstić information content (AvgIpc) is 2.06. The summed E-state index contributed by atoms with van der Waals surface area (Å²) >= 11 is 0. The monoisotopic (exact) mass is 144 g/mol. The van der Waals surface area contributed by atoms with Crippen molar-refractivity contribution in [3.63, 3.8) is 0 Å². The van der Waals surface area contributed by atoms with Crippen LogP contribution in [0.15, 0.2) is 30.3 Å². The van der Waals surface area contributed by atoms with E-state index in [1.807, 2.05) is 18.2 Å². The Morgan fingerprint density at radius 2 is 1.82 bits per heavy atom. The molecule has 1 rings (SSSR count). The van der Waals surface area contributed by atoms with Crippen molar-refractivity contribution < 1.29 is 0 Å². The lowest BCUT2D eigenvalue weighted by Gasteiger charge is -2.23. The minimum atomic E-state index is -0.165. The molecule has 2 radical (unpaired) electrons. The van der Waals surface area contributed by atoms with E-state index in [1.54, 1.807) is 0 Å². The molecule has 1 aromatic carbocycles. The van der Waals surface area contributed by atoms with Gasteiger partial charge in [-0.05, 0) is 5.31 Å². The summed E-state index contributed by atoms with van der Waals surface area (Å²) in [6.07, 6.45) is 0.969. The standard InChI is InChI=1S/C10H13B/c1-3-10(2,11)9-7-5-4-6-8-9/h4-8H,3H2,1-2H3/t10-/m1/s1. The Labute approximate surface area is 70.0 Å². The van der Waals surface area contributed by atoms with E-state index in [0.29, 0.717) is 0 Å². The summed E-state index contributed by atoms with van der Waals surface area (Å²) in [5.74, 6) is 0. The lowest BCUT2D eigenvalue weighted by molar-refractivity contribution is 0.649. The van der Waals surface area contributed by atoms with Gasteiger partial charge in [0.05, 0.1) is 7.85 Å². The molecule has 0 aliphatic heterocycles. The lowest BCUT2D eigenvalue weighted by atomic mass is 9.64. The molecule has 1 heteroatoms. The van der Waals surface area contributed by atoms with Gasteiger partial charge in [0.2, 0.25) is 0 Å². The zero-order valence-corrected chi connectivity index (χ0v) is 7.17. The fourth-order valence-electron chi connectivity index (χ4n) is 1.02. The molecule has 0 nitrogen and oxygen atoms in total. The van der Waals surface area contributed by atoms with Gasteiger partial charge in [0, 0.05) is 0 Å². The van der Waals surface area contributed by atoms with E-state index < -0.39 is 0 Å². The second-order valence-corrected chi connectivity index (χ2v) is 3.14. The molecule has 0 saturated carbocycles. The van der Waals surface area contributed by atoms with Crippen LogP contribution in [0.1, 0.15) is 25.8 Å². The van der Waals surface area contributed by atoms with Crippen molar-refractivity contribution >= 4 is 7.85 Å². The molecule has 0 aliphatic carbocycles. The van der Waals surface area contributed by atoms with E-state index in [0.717, 1.165) is 6.42 Å². The Morgan fingerprint density at radius 3 is 2.27 bits per heavy atom. The maximum atomic E-state index is 6.04. The Balaban J connectivity index is 2.93. The summed E-state index contributed by atoms with van der Waals surface area (Å²) in [7, 11) is 6.04. The van der Waals surface area contributed by atoms with E-state index in [4.69, 9.17) is 7.85 Å². The molecule has 0 heterocycles. The first-order valence-electron chi connectivity index (χ1n) is 4.01.